The van der Waals surface area contributed by atoms with Gasteiger partial charge in [-0.3, -0.25) is 0 Å². The Morgan fingerprint density at radius 1 is 1.20 bits per heavy atom. The van der Waals surface area contributed by atoms with Gasteiger partial charge in [-0.2, -0.15) is 0 Å². The highest BCUT2D eigenvalue weighted by Gasteiger charge is 2.19. The summed E-state index contributed by atoms with van der Waals surface area (Å²) in [4.78, 5) is 0. The Hall–Kier alpha value is 0.507. The second-order valence-electron chi connectivity index (χ2n) is 2.11. The molecule has 0 fully saturated rings. The van der Waals surface area contributed by atoms with Crippen LogP contribution in [0.5, 0.6) is 0 Å². The van der Waals surface area contributed by atoms with E-state index in [4.69, 9.17) is 11.1 Å². The quantitative estimate of drug-likeness (QED) is 0.323. The van der Waals surface area contributed by atoms with Crippen molar-refractivity contribution in [1.82, 2.24) is 0 Å². The van der Waals surface area contributed by atoms with Crippen LogP contribution in [0.3, 0.4) is 0 Å². The molecule has 0 aromatic rings. The number of hydrogen-bond acceptors (Lipinski definition) is 0. The zero-order valence-electron chi connectivity index (χ0n) is 3.91. The van der Waals surface area contributed by atoms with Gasteiger partial charge in [0.1, 0.15) is 0 Å². The molecule has 0 N–H and O–H groups in total. The van der Waals surface area contributed by atoms with E-state index in [0.717, 1.165) is 0 Å². The monoisotopic (exact) mass is 109 g/mol. The highest BCUT2D eigenvalue weighted by atomic mass is 35.6. The van der Waals surface area contributed by atoms with Crippen LogP contribution in [-0.4, -0.2) is 7.38 Å². The van der Waals surface area contributed by atoms with Crippen LogP contribution >= 0.6 is 0 Å². The summed E-state index contributed by atoms with van der Waals surface area (Å²) in [5, 5.41) is 0. The maximum Gasteiger partial charge on any atom is 0.365 e. The van der Waals surface area contributed by atoms with Gasteiger partial charge in [0.25, 0.3) is 0 Å². The lowest BCUT2D eigenvalue weighted by atomic mass is 11.8. The summed E-state index contributed by atoms with van der Waals surface area (Å²) < 4.78 is 0. The Bertz CT molecular complexity index is 22.4. The summed E-state index contributed by atoms with van der Waals surface area (Å²) in [6.07, 6.45) is 0. The first-order chi connectivity index (χ1) is 2.00. The van der Waals surface area contributed by atoms with Crippen LogP contribution in [0, 0.1) is 11.1 Å². The Morgan fingerprint density at radius 2 is 1.20 bits per heavy atom. The topological polar surface area (TPSA) is 0 Å². The van der Waals surface area contributed by atoms with E-state index < -0.39 is 7.38 Å². The van der Waals surface area contributed by atoms with Gasteiger partial charge in [-0.05, 0) is 19.6 Å². The molecule has 0 aromatic carbocycles. The molecule has 0 saturated carbocycles. The van der Waals surface area contributed by atoms with Gasteiger partial charge in [0, 0.05) is 11.1 Å². The third-order valence-electron chi connectivity index (χ3n) is 0. The molecule has 5 heavy (non-hydrogen) atoms. The van der Waals surface area contributed by atoms with Gasteiger partial charge in [0.05, 0.1) is 0 Å². The van der Waals surface area contributed by atoms with Gasteiger partial charge in [0.15, 0.2) is 0 Å². The third-order valence-corrected chi connectivity index (χ3v) is 0. The van der Waals surface area contributed by atoms with Gasteiger partial charge >= 0.3 is 7.38 Å². The molecule has 0 spiro atoms. The van der Waals surface area contributed by atoms with E-state index in [2.05, 4.69) is 19.6 Å². The van der Waals surface area contributed by atoms with E-state index in [1.165, 1.54) is 0 Å². The molecule has 0 rings (SSSR count). The SMILES string of the molecule is C[Si](C)(C)[ClH+]. The van der Waals surface area contributed by atoms with Crippen molar-refractivity contribution in [2.75, 3.05) is 0 Å². The van der Waals surface area contributed by atoms with Crippen molar-refractivity contribution in [3.63, 3.8) is 0 Å². The predicted octanol–water partition coefficient (Wildman–Crippen LogP) is 1.10. The summed E-state index contributed by atoms with van der Waals surface area (Å²) in [5.74, 6) is 0. The van der Waals surface area contributed by atoms with Gasteiger partial charge in [-0.25, -0.2) is 0 Å². The van der Waals surface area contributed by atoms with Crippen LogP contribution in [0.25, 0.3) is 0 Å². The molecule has 0 radical (unpaired) electrons. The summed E-state index contributed by atoms with van der Waals surface area (Å²) in [7, 11) is -1.03. The van der Waals surface area contributed by atoms with Crippen LogP contribution in [0.15, 0.2) is 0 Å². The molecule has 0 heterocycles. The van der Waals surface area contributed by atoms with E-state index in [0.29, 0.717) is 0 Å². The molecule has 0 aliphatic heterocycles. The average Bonchev–Trinajstić information content (AvgIpc) is 0.722. The molecule has 0 aromatic heterocycles. The van der Waals surface area contributed by atoms with Crippen LogP contribution in [-0.2, 0) is 0 Å². The molecular weight excluding hydrogens is 99.6 g/mol. The van der Waals surface area contributed by atoms with Crippen molar-refractivity contribution in [3.05, 3.63) is 0 Å². The van der Waals surface area contributed by atoms with Gasteiger partial charge < -0.3 is 0 Å². The largest absolute Gasteiger partial charge is 0.365 e. The zero-order valence-corrected chi connectivity index (χ0v) is 5.72. The zero-order chi connectivity index (χ0) is 4.50. The summed E-state index contributed by atoms with van der Waals surface area (Å²) in [6.45, 7) is 6.42. The molecule has 0 nitrogen and oxygen atoms in total. The highest BCUT2D eigenvalue weighted by molar-refractivity contribution is 6.66. The lowest BCUT2D eigenvalue weighted by Gasteiger charge is -1.83. The van der Waals surface area contributed by atoms with E-state index in [-0.39, 0.29) is 0 Å². The van der Waals surface area contributed by atoms with Crippen molar-refractivity contribution >= 4 is 7.38 Å². The van der Waals surface area contributed by atoms with Gasteiger partial charge in [-0.1, -0.05) is 0 Å². The molecular formula is C3H10ClSi+. The Labute approximate surface area is 38.9 Å². The average molecular weight is 110 g/mol. The maximum absolute atomic E-state index is 4.97. The minimum atomic E-state index is -1.03. The van der Waals surface area contributed by atoms with E-state index in [1.807, 2.05) is 0 Å². The molecule has 2 heteroatoms. The minimum Gasteiger partial charge on any atom is -0.0148 e. The summed E-state index contributed by atoms with van der Waals surface area (Å²) in [6, 6.07) is 0. The molecule has 0 bridgehead atoms. The molecule has 0 amide bonds. The van der Waals surface area contributed by atoms with Crippen LogP contribution in [0.2, 0.25) is 19.6 Å². The Balaban J connectivity index is 3.02. The Morgan fingerprint density at radius 3 is 1.20 bits per heavy atom. The van der Waals surface area contributed by atoms with Gasteiger partial charge in [-0.15, -0.1) is 0 Å². The standard InChI is InChI=1S/C3H10ClSi/c1-5(2,3)4/h4H,1-3H3/q+1. The van der Waals surface area contributed by atoms with Crippen molar-refractivity contribution in [2.24, 2.45) is 0 Å². The lowest BCUT2D eigenvalue weighted by molar-refractivity contribution is -0.203. The summed E-state index contributed by atoms with van der Waals surface area (Å²) in [5.41, 5.74) is 0. The van der Waals surface area contributed by atoms with Gasteiger partial charge in [0.2, 0.25) is 0 Å². The second kappa shape index (κ2) is 1.31. The van der Waals surface area contributed by atoms with E-state index in [9.17, 15) is 0 Å². The van der Waals surface area contributed by atoms with Crippen molar-refractivity contribution < 1.29 is 11.1 Å². The fourth-order valence-electron chi connectivity index (χ4n) is 0. The first-order valence-electron chi connectivity index (χ1n) is 1.70. The molecule has 0 atom stereocenters. The number of hydrogen-bond donors (Lipinski definition) is 0. The fraction of sp³-hybridized carbons (Fsp3) is 1.00. The smallest absolute Gasteiger partial charge is 0.0148 e. The van der Waals surface area contributed by atoms with Crippen molar-refractivity contribution in [3.8, 4) is 0 Å². The predicted molar refractivity (Wildman–Crippen MR) is 24.7 cm³/mol. The van der Waals surface area contributed by atoms with Crippen molar-refractivity contribution in [1.29, 1.82) is 0 Å². The first-order valence-corrected chi connectivity index (χ1v) is 6.34. The van der Waals surface area contributed by atoms with Crippen LogP contribution < -0.4 is 0 Å². The van der Waals surface area contributed by atoms with Crippen LogP contribution in [0.1, 0.15) is 0 Å². The molecule has 0 aliphatic carbocycles. The maximum atomic E-state index is 4.97. The molecule has 0 unspecified atom stereocenters. The van der Waals surface area contributed by atoms with E-state index in [1.54, 1.807) is 0 Å². The lowest BCUT2D eigenvalue weighted by Crippen LogP contribution is -2.13. The summed E-state index contributed by atoms with van der Waals surface area (Å²) >= 11 is 4.97. The number of rotatable bonds is 0. The molecule has 0 aliphatic rings. The fourth-order valence-corrected chi connectivity index (χ4v) is 0. The van der Waals surface area contributed by atoms with Crippen LogP contribution in [0.4, 0.5) is 0 Å². The molecule has 0 saturated heterocycles. The normalized spacial score (nSPS) is 12.0. The first kappa shape index (κ1) is 5.51. The highest BCUT2D eigenvalue weighted by Crippen LogP contribution is 1.91. The molecule has 32 valence electrons. The van der Waals surface area contributed by atoms with E-state index >= 15 is 0 Å². The Kier molecular flexibility index (Phi) is 1.44. The van der Waals surface area contributed by atoms with Crippen molar-refractivity contribution in [2.45, 2.75) is 19.6 Å². The third kappa shape index (κ3) is 110. The number of halogens is 1. The second-order valence-corrected chi connectivity index (χ2v) is 10.0. The minimum absolute atomic E-state index is 1.03.